The molecule has 0 aliphatic heterocycles. The largest absolute Gasteiger partial charge is 0.423 e. The number of rotatable bonds is 5. The molecule has 0 aliphatic carbocycles. The summed E-state index contributed by atoms with van der Waals surface area (Å²) < 4.78 is 5.02. The summed E-state index contributed by atoms with van der Waals surface area (Å²) in [6.07, 6.45) is 1.14. The Kier molecular flexibility index (Phi) is 4.61. The van der Waals surface area contributed by atoms with Gasteiger partial charge in [0.05, 0.1) is 0 Å². The molecule has 4 heteroatoms. The molecule has 0 spiro atoms. The molecule has 2 aromatic carbocycles. The predicted molar refractivity (Wildman–Crippen MR) is 86.3 cm³/mol. The van der Waals surface area contributed by atoms with Gasteiger partial charge in [0, 0.05) is 37.2 Å². The van der Waals surface area contributed by atoms with Gasteiger partial charge in [-0.1, -0.05) is 6.58 Å². The van der Waals surface area contributed by atoms with Crippen LogP contribution in [0.15, 0.2) is 61.2 Å². The molecule has 0 saturated heterocycles. The van der Waals surface area contributed by atoms with Crippen LogP contribution in [0, 0.1) is 0 Å². The Morgan fingerprint density at radius 1 is 1.05 bits per heavy atom. The van der Waals surface area contributed by atoms with Gasteiger partial charge in [-0.3, -0.25) is 0 Å². The zero-order chi connectivity index (χ0) is 15.2. The average Bonchev–Trinajstić information content (AvgIpc) is 2.49. The number of hydrogen-bond donors (Lipinski definition) is 1. The third-order valence-corrected chi connectivity index (χ3v) is 2.91. The van der Waals surface area contributed by atoms with Crippen molar-refractivity contribution in [1.82, 2.24) is 0 Å². The first-order chi connectivity index (χ1) is 10.1. The van der Waals surface area contributed by atoms with E-state index in [2.05, 4.69) is 11.9 Å². The van der Waals surface area contributed by atoms with Gasteiger partial charge in [0.2, 0.25) is 0 Å². The second kappa shape index (κ2) is 6.61. The van der Waals surface area contributed by atoms with E-state index in [1.54, 1.807) is 12.1 Å². The molecule has 0 fully saturated rings. The Bertz CT molecular complexity index is 616. The fourth-order valence-electron chi connectivity index (χ4n) is 1.77. The molecule has 2 rings (SSSR count). The van der Waals surface area contributed by atoms with Crippen molar-refractivity contribution in [2.45, 2.75) is 0 Å². The summed E-state index contributed by atoms with van der Waals surface area (Å²) in [5.41, 5.74) is 3.06. The van der Waals surface area contributed by atoms with Gasteiger partial charge in [-0.15, -0.1) is 0 Å². The summed E-state index contributed by atoms with van der Waals surface area (Å²) in [5.74, 6) is 0.0309. The number of nitrogens with one attached hydrogen (secondary N) is 1. The van der Waals surface area contributed by atoms with E-state index in [-0.39, 0.29) is 0 Å². The molecular weight excluding hydrogens is 264 g/mol. The quantitative estimate of drug-likeness (QED) is 0.517. The molecule has 0 saturated carbocycles. The standard InChI is InChI=1S/C17H18N2O2/c1-4-17(20)21-16-11-7-14(8-12-16)18-13-5-9-15(10-6-13)19(2)3/h4-12,18H,1H2,2-3H3. The molecule has 0 amide bonds. The fraction of sp³-hybridized carbons (Fsp3) is 0.118. The van der Waals surface area contributed by atoms with Crippen LogP contribution in [0.5, 0.6) is 5.75 Å². The molecule has 1 N–H and O–H groups in total. The summed E-state index contributed by atoms with van der Waals surface area (Å²) in [5, 5.41) is 3.29. The number of hydrogen-bond acceptors (Lipinski definition) is 4. The molecule has 0 heterocycles. The lowest BCUT2D eigenvalue weighted by Gasteiger charge is -2.13. The minimum absolute atomic E-state index is 0.463. The first kappa shape index (κ1) is 14.7. The summed E-state index contributed by atoms with van der Waals surface area (Å²) in [6.45, 7) is 3.36. The van der Waals surface area contributed by atoms with Crippen LogP contribution in [-0.4, -0.2) is 20.1 Å². The van der Waals surface area contributed by atoms with Crippen molar-refractivity contribution in [3.8, 4) is 5.75 Å². The summed E-state index contributed by atoms with van der Waals surface area (Å²) >= 11 is 0. The van der Waals surface area contributed by atoms with Gasteiger partial charge >= 0.3 is 5.97 Å². The lowest BCUT2D eigenvalue weighted by atomic mass is 10.2. The highest BCUT2D eigenvalue weighted by atomic mass is 16.5. The monoisotopic (exact) mass is 282 g/mol. The minimum Gasteiger partial charge on any atom is -0.423 e. The van der Waals surface area contributed by atoms with Gasteiger partial charge in [-0.25, -0.2) is 4.79 Å². The van der Waals surface area contributed by atoms with Crippen LogP contribution < -0.4 is 15.0 Å². The van der Waals surface area contributed by atoms with Crippen molar-refractivity contribution < 1.29 is 9.53 Å². The van der Waals surface area contributed by atoms with Gasteiger partial charge < -0.3 is 15.0 Å². The van der Waals surface area contributed by atoms with Gasteiger partial charge in [0.25, 0.3) is 0 Å². The number of esters is 1. The van der Waals surface area contributed by atoms with Gasteiger partial charge in [-0.2, -0.15) is 0 Å². The van der Waals surface area contributed by atoms with Crippen molar-refractivity contribution in [3.05, 3.63) is 61.2 Å². The number of ether oxygens (including phenoxy) is 1. The number of benzene rings is 2. The maximum atomic E-state index is 11.1. The van der Waals surface area contributed by atoms with E-state index in [4.69, 9.17) is 4.74 Å². The maximum absolute atomic E-state index is 11.1. The summed E-state index contributed by atoms with van der Waals surface area (Å²) in [7, 11) is 4.01. The Morgan fingerprint density at radius 3 is 2.05 bits per heavy atom. The normalized spacial score (nSPS) is 9.81. The maximum Gasteiger partial charge on any atom is 0.335 e. The zero-order valence-corrected chi connectivity index (χ0v) is 12.2. The third-order valence-electron chi connectivity index (χ3n) is 2.91. The molecule has 2 aromatic rings. The summed E-state index contributed by atoms with van der Waals surface area (Å²) in [4.78, 5) is 13.1. The van der Waals surface area contributed by atoms with Crippen molar-refractivity contribution in [1.29, 1.82) is 0 Å². The molecule has 21 heavy (non-hydrogen) atoms. The average molecular weight is 282 g/mol. The fourth-order valence-corrected chi connectivity index (χ4v) is 1.77. The first-order valence-electron chi connectivity index (χ1n) is 6.57. The highest BCUT2D eigenvalue weighted by Crippen LogP contribution is 2.22. The van der Waals surface area contributed by atoms with E-state index in [9.17, 15) is 4.79 Å². The van der Waals surface area contributed by atoms with E-state index in [0.29, 0.717) is 5.75 Å². The molecule has 4 nitrogen and oxygen atoms in total. The lowest BCUT2D eigenvalue weighted by molar-refractivity contribution is -0.128. The molecule has 0 radical (unpaired) electrons. The van der Waals surface area contributed by atoms with E-state index in [0.717, 1.165) is 23.1 Å². The Morgan fingerprint density at radius 2 is 1.57 bits per heavy atom. The van der Waals surface area contributed by atoms with Crippen LogP contribution in [0.2, 0.25) is 0 Å². The van der Waals surface area contributed by atoms with Crippen LogP contribution in [0.1, 0.15) is 0 Å². The Hall–Kier alpha value is -2.75. The number of anilines is 3. The highest BCUT2D eigenvalue weighted by molar-refractivity contribution is 5.83. The van der Waals surface area contributed by atoms with Gasteiger partial charge in [0.15, 0.2) is 0 Å². The van der Waals surface area contributed by atoms with Crippen molar-refractivity contribution in [2.24, 2.45) is 0 Å². The molecule has 0 unspecified atom stereocenters. The van der Waals surface area contributed by atoms with E-state index < -0.39 is 5.97 Å². The smallest absolute Gasteiger partial charge is 0.335 e. The molecule has 108 valence electrons. The van der Waals surface area contributed by atoms with Crippen LogP contribution in [0.25, 0.3) is 0 Å². The Balaban J connectivity index is 2.02. The van der Waals surface area contributed by atoms with Crippen LogP contribution in [0.3, 0.4) is 0 Å². The molecule has 0 bridgehead atoms. The summed E-state index contributed by atoms with van der Waals surface area (Å²) in [6, 6.07) is 15.3. The molecular formula is C17H18N2O2. The van der Waals surface area contributed by atoms with Crippen LogP contribution in [0.4, 0.5) is 17.1 Å². The van der Waals surface area contributed by atoms with Crippen LogP contribution >= 0.6 is 0 Å². The second-order valence-corrected chi connectivity index (χ2v) is 4.72. The van der Waals surface area contributed by atoms with Crippen molar-refractivity contribution in [2.75, 3.05) is 24.3 Å². The predicted octanol–water partition coefficient (Wildman–Crippen LogP) is 3.59. The minimum atomic E-state index is -0.463. The van der Waals surface area contributed by atoms with Crippen molar-refractivity contribution >= 4 is 23.0 Å². The number of carbonyl (C=O) groups is 1. The first-order valence-corrected chi connectivity index (χ1v) is 6.57. The Labute approximate surface area is 124 Å². The molecule has 0 aromatic heterocycles. The third kappa shape index (κ3) is 4.11. The topological polar surface area (TPSA) is 41.6 Å². The van der Waals surface area contributed by atoms with Crippen LogP contribution in [-0.2, 0) is 4.79 Å². The number of carbonyl (C=O) groups excluding carboxylic acids is 1. The zero-order valence-electron chi connectivity index (χ0n) is 12.2. The lowest BCUT2D eigenvalue weighted by Crippen LogP contribution is -2.08. The second-order valence-electron chi connectivity index (χ2n) is 4.72. The van der Waals surface area contributed by atoms with Crippen molar-refractivity contribution in [3.63, 3.8) is 0 Å². The van der Waals surface area contributed by atoms with Gasteiger partial charge in [0.1, 0.15) is 5.75 Å². The van der Waals surface area contributed by atoms with E-state index in [1.807, 2.05) is 55.4 Å². The molecule has 0 aliphatic rings. The van der Waals surface area contributed by atoms with Gasteiger partial charge in [-0.05, 0) is 48.5 Å². The highest BCUT2D eigenvalue weighted by Gasteiger charge is 2.01. The van der Waals surface area contributed by atoms with E-state index in [1.165, 1.54) is 0 Å². The van der Waals surface area contributed by atoms with E-state index >= 15 is 0 Å². The SMILES string of the molecule is C=CC(=O)Oc1ccc(Nc2ccc(N(C)C)cc2)cc1. The molecule has 0 atom stereocenters. The number of nitrogens with zero attached hydrogens (tertiary/aromatic N) is 1.